The number of rotatable bonds is 6. The van der Waals surface area contributed by atoms with Crippen LogP contribution in [0.5, 0.6) is 0 Å². The highest BCUT2D eigenvalue weighted by molar-refractivity contribution is 9.10. The molecular weight excluding hydrogens is 422 g/mol. The number of hydrogen-bond acceptors (Lipinski definition) is 5. The van der Waals surface area contributed by atoms with Crippen LogP contribution in [0.4, 0.5) is 0 Å². The van der Waals surface area contributed by atoms with E-state index in [9.17, 15) is 4.79 Å². The van der Waals surface area contributed by atoms with Crippen LogP contribution in [0.2, 0.25) is 0 Å². The maximum absolute atomic E-state index is 12.6. The normalized spacial score (nSPS) is 15.6. The van der Waals surface area contributed by atoms with E-state index in [4.69, 9.17) is 8.94 Å². The first-order valence-corrected chi connectivity index (χ1v) is 10.2. The van der Waals surface area contributed by atoms with Crippen molar-refractivity contribution in [3.05, 3.63) is 64.2 Å². The van der Waals surface area contributed by atoms with Gasteiger partial charge in [0, 0.05) is 22.6 Å². The number of carbonyl (C=O) groups excluding carboxylic acids is 1. The summed E-state index contributed by atoms with van der Waals surface area (Å²) in [7, 11) is 0. The average Bonchev–Trinajstić information content (AvgIpc) is 3.44. The van der Waals surface area contributed by atoms with Crippen molar-refractivity contribution in [2.45, 2.75) is 25.8 Å². The van der Waals surface area contributed by atoms with Crippen LogP contribution in [0, 0.1) is 6.92 Å². The third-order valence-corrected chi connectivity index (χ3v) is 5.53. The average molecular weight is 444 g/mol. The van der Waals surface area contributed by atoms with E-state index >= 15 is 0 Å². The Bertz CT molecular complexity index is 942. The summed E-state index contributed by atoms with van der Waals surface area (Å²) in [6.45, 7) is 4.42. The number of halogens is 1. The lowest BCUT2D eigenvalue weighted by atomic mass is 10.1. The number of likely N-dealkylation sites (tertiary alicyclic amines) is 1. The molecule has 3 aromatic rings. The highest BCUT2D eigenvalue weighted by Crippen LogP contribution is 2.26. The van der Waals surface area contributed by atoms with Gasteiger partial charge in [-0.05, 0) is 57.1 Å². The minimum Gasteiger partial charge on any atom is -0.465 e. The lowest BCUT2D eigenvalue weighted by Gasteiger charge is -2.25. The molecule has 7 heteroatoms. The summed E-state index contributed by atoms with van der Waals surface area (Å²) in [6.07, 6.45) is 2.34. The number of hydrogen-bond donors (Lipinski definition) is 1. The van der Waals surface area contributed by atoms with Crippen LogP contribution in [0.25, 0.3) is 11.3 Å². The number of furan rings is 1. The van der Waals surface area contributed by atoms with Gasteiger partial charge in [-0.3, -0.25) is 9.69 Å². The molecule has 3 heterocycles. The van der Waals surface area contributed by atoms with Crippen molar-refractivity contribution >= 4 is 21.8 Å². The van der Waals surface area contributed by atoms with Gasteiger partial charge in [-0.2, -0.15) is 0 Å². The van der Waals surface area contributed by atoms with Crippen molar-refractivity contribution in [2.75, 3.05) is 19.6 Å². The Labute approximate surface area is 172 Å². The van der Waals surface area contributed by atoms with E-state index in [1.54, 1.807) is 6.07 Å². The zero-order chi connectivity index (χ0) is 19.5. The second-order valence-electron chi connectivity index (χ2n) is 7.00. The Morgan fingerprint density at radius 2 is 1.96 bits per heavy atom. The summed E-state index contributed by atoms with van der Waals surface area (Å²) in [5.41, 5.74) is 1.14. The van der Waals surface area contributed by atoms with E-state index in [0.29, 0.717) is 12.3 Å². The molecule has 0 bridgehead atoms. The van der Waals surface area contributed by atoms with Crippen molar-refractivity contribution < 1.29 is 13.7 Å². The first kappa shape index (κ1) is 19.0. The van der Waals surface area contributed by atoms with Crippen LogP contribution in [0.3, 0.4) is 0 Å². The molecule has 28 heavy (non-hydrogen) atoms. The van der Waals surface area contributed by atoms with Crippen LogP contribution in [0.15, 0.2) is 55.9 Å². The molecule has 146 valence electrons. The standard InChI is InChI=1S/C21H22BrN3O3/c1-14-4-9-19(27-14)18(25-10-2-3-11-25)13-23-21(26)17-12-20(28-24-17)15-5-7-16(22)8-6-15/h4-9,12,18H,2-3,10-11,13H2,1H3,(H,23,26)/t18-/m1/s1. The van der Waals surface area contributed by atoms with Gasteiger partial charge in [-0.15, -0.1) is 0 Å². The van der Waals surface area contributed by atoms with Crippen molar-refractivity contribution in [1.82, 2.24) is 15.4 Å². The van der Waals surface area contributed by atoms with Crippen molar-refractivity contribution in [2.24, 2.45) is 0 Å². The van der Waals surface area contributed by atoms with Crippen molar-refractivity contribution in [3.8, 4) is 11.3 Å². The van der Waals surface area contributed by atoms with Crippen molar-refractivity contribution in [3.63, 3.8) is 0 Å². The maximum atomic E-state index is 12.6. The molecule has 1 fully saturated rings. The fourth-order valence-corrected chi connectivity index (χ4v) is 3.77. The van der Waals surface area contributed by atoms with Crippen LogP contribution in [-0.4, -0.2) is 35.6 Å². The van der Waals surface area contributed by atoms with Crippen LogP contribution in [0.1, 0.15) is 40.9 Å². The lowest BCUT2D eigenvalue weighted by Crippen LogP contribution is -2.36. The van der Waals surface area contributed by atoms with Gasteiger partial charge in [0.15, 0.2) is 11.5 Å². The quantitative estimate of drug-likeness (QED) is 0.603. The lowest BCUT2D eigenvalue weighted by molar-refractivity contribution is 0.0924. The van der Waals surface area contributed by atoms with Gasteiger partial charge in [0.25, 0.3) is 5.91 Å². The molecule has 4 rings (SSSR count). The molecule has 0 spiro atoms. The molecule has 0 aliphatic carbocycles. The van der Waals surface area contributed by atoms with Crippen LogP contribution in [-0.2, 0) is 0 Å². The molecule has 1 aliphatic heterocycles. The SMILES string of the molecule is Cc1ccc([C@@H](CNC(=O)c2cc(-c3ccc(Br)cc3)on2)N2CCCC2)o1. The van der Waals surface area contributed by atoms with Crippen LogP contribution < -0.4 is 5.32 Å². The zero-order valence-electron chi connectivity index (χ0n) is 15.7. The molecule has 1 N–H and O–H groups in total. The van der Waals surface area contributed by atoms with Gasteiger partial charge in [-0.25, -0.2) is 0 Å². The third-order valence-electron chi connectivity index (χ3n) is 5.00. The maximum Gasteiger partial charge on any atom is 0.273 e. The van der Waals surface area contributed by atoms with E-state index in [2.05, 4.69) is 31.3 Å². The third kappa shape index (κ3) is 4.20. The molecule has 6 nitrogen and oxygen atoms in total. The first-order chi connectivity index (χ1) is 13.6. The summed E-state index contributed by atoms with van der Waals surface area (Å²) in [6, 6.07) is 13.3. The Kier molecular flexibility index (Phi) is 5.64. The van der Waals surface area contributed by atoms with E-state index < -0.39 is 0 Å². The Hall–Kier alpha value is -2.38. The highest BCUT2D eigenvalue weighted by atomic mass is 79.9. The largest absolute Gasteiger partial charge is 0.465 e. The Morgan fingerprint density at radius 1 is 1.21 bits per heavy atom. The predicted molar refractivity (Wildman–Crippen MR) is 109 cm³/mol. The number of amides is 1. The minimum absolute atomic E-state index is 0.0259. The van der Waals surface area contributed by atoms with E-state index in [0.717, 1.165) is 34.6 Å². The smallest absolute Gasteiger partial charge is 0.273 e. The molecule has 1 saturated heterocycles. The fourth-order valence-electron chi connectivity index (χ4n) is 3.51. The van der Waals surface area contributed by atoms with Gasteiger partial charge in [0.05, 0.1) is 6.04 Å². The highest BCUT2D eigenvalue weighted by Gasteiger charge is 2.27. The van der Waals surface area contributed by atoms with Crippen molar-refractivity contribution in [1.29, 1.82) is 0 Å². The Morgan fingerprint density at radius 3 is 2.64 bits per heavy atom. The number of benzene rings is 1. The summed E-state index contributed by atoms with van der Waals surface area (Å²) in [5, 5.41) is 6.92. The summed E-state index contributed by atoms with van der Waals surface area (Å²) < 4.78 is 12.2. The second-order valence-corrected chi connectivity index (χ2v) is 7.92. The number of nitrogens with one attached hydrogen (secondary N) is 1. The molecule has 1 amide bonds. The van der Waals surface area contributed by atoms with Gasteiger partial charge in [0.2, 0.25) is 0 Å². The minimum atomic E-state index is -0.250. The van der Waals surface area contributed by atoms with E-state index in [1.165, 1.54) is 12.8 Å². The van der Waals surface area contributed by atoms with E-state index in [1.807, 2.05) is 43.3 Å². The number of nitrogens with zero attached hydrogens (tertiary/aromatic N) is 2. The van der Waals surface area contributed by atoms with Gasteiger partial charge < -0.3 is 14.3 Å². The zero-order valence-corrected chi connectivity index (χ0v) is 17.2. The van der Waals surface area contributed by atoms with Gasteiger partial charge >= 0.3 is 0 Å². The second kappa shape index (κ2) is 8.32. The molecule has 2 aromatic heterocycles. The van der Waals surface area contributed by atoms with E-state index in [-0.39, 0.29) is 17.6 Å². The molecule has 0 saturated carbocycles. The predicted octanol–water partition coefficient (Wildman–Crippen LogP) is 4.57. The molecule has 1 aromatic carbocycles. The summed E-state index contributed by atoms with van der Waals surface area (Å²) in [5.74, 6) is 2.08. The molecule has 0 unspecified atom stereocenters. The summed E-state index contributed by atoms with van der Waals surface area (Å²) >= 11 is 3.41. The molecule has 1 aliphatic rings. The number of carbonyl (C=O) groups is 1. The van der Waals surface area contributed by atoms with Gasteiger partial charge in [0.1, 0.15) is 11.5 Å². The van der Waals surface area contributed by atoms with Gasteiger partial charge in [-0.1, -0.05) is 33.2 Å². The monoisotopic (exact) mass is 443 g/mol. The number of aryl methyl sites for hydroxylation is 1. The fraction of sp³-hybridized carbons (Fsp3) is 0.333. The summed E-state index contributed by atoms with van der Waals surface area (Å²) in [4.78, 5) is 15.0. The molecular formula is C21H22BrN3O3. The molecule has 0 radical (unpaired) electrons. The number of aromatic nitrogens is 1. The topological polar surface area (TPSA) is 71.5 Å². The first-order valence-electron chi connectivity index (χ1n) is 9.41. The van der Waals surface area contributed by atoms with Crippen LogP contribution >= 0.6 is 15.9 Å². The Balaban J connectivity index is 1.44. The molecule has 1 atom stereocenters.